The minimum Gasteiger partial charge on any atom is -0.504 e. The van der Waals surface area contributed by atoms with Crippen LogP contribution in [0.3, 0.4) is 0 Å². The molecule has 36 heavy (non-hydrogen) atoms. The van der Waals surface area contributed by atoms with E-state index in [4.69, 9.17) is 0 Å². The first-order chi connectivity index (χ1) is 17.2. The highest BCUT2D eigenvalue weighted by Gasteiger charge is 2.16. The Bertz CT molecular complexity index is 1420. The summed E-state index contributed by atoms with van der Waals surface area (Å²) in [5, 5.41) is 20.1. The highest BCUT2D eigenvalue weighted by molar-refractivity contribution is 6.05. The van der Waals surface area contributed by atoms with Crippen molar-refractivity contribution in [2.45, 2.75) is 13.8 Å². The van der Waals surface area contributed by atoms with Crippen molar-refractivity contribution in [1.29, 1.82) is 0 Å². The van der Waals surface area contributed by atoms with Gasteiger partial charge in [-0.25, -0.2) is 17.6 Å². The minimum absolute atomic E-state index is 0.0898. The molecule has 8 heteroatoms. The zero-order valence-corrected chi connectivity index (χ0v) is 19.2. The molecular formula is C28H20F4N2O2. The van der Waals surface area contributed by atoms with Crippen molar-refractivity contribution < 1.29 is 27.8 Å². The average Bonchev–Trinajstić information content (AvgIpc) is 2.84. The van der Waals surface area contributed by atoms with Crippen LogP contribution in [0.4, 0.5) is 28.9 Å². The van der Waals surface area contributed by atoms with Crippen molar-refractivity contribution in [3.63, 3.8) is 0 Å². The second-order valence-corrected chi connectivity index (χ2v) is 8.00. The van der Waals surface area contributed by atoms with Crippen molar-refractivity contribution >= 4 is 22.8 Å². The molecular weight excluding hydrogens is 472 g/mol. The highest BCUT2D eigenvalue weighted by atomic mass is 19.1. The molecule has 0 atom stereocenters. The molecule has 4 aromatic rings. The lowest BCUT2D eigenvalue weighted by Crippen LogP contribution is -1.99. The summed E-state index contributed by atoms with van der Waals surface area (Å²) < 4.78 is 55.2. The van der Waals surface area contributed by atoms with Gasteiger partial charge in [-0.1, -0.05) is 36.4 Å². The number of benzene rings is 4. The molecule has 0 saturated heterocycles. The van der Waals surface area contributed by atoms with Crippen molar-refractivity contribution in [3.05, 3.63) is 107 Å². The lowest BCUT2D eigenvalue weighted by atomic mass is 10.0. The Labute approximate surface area is 204 Å². The molecule has 0 fully saturated rings. The van der Waals surface area contributed by atoms with E-state index in [-0.39, 0.29) is 22.6 Å². The van der Waals surface area contributed by atoms with E-state index in [1.54, 1.807) is 48.5 Å². The summed E-state index contributed by atoms with van der Waals surface area (Å²) in [5.74, 6) is -5.32. The fraction of sp³-hybridized carbons (Fsp3) is 0.0714. The van der Waals surface area contributed by atoms with Gasteiger partial charge in [-0.2, -0.15) is 0 Å². The second kappa shape index (κ2) is 10.0. The predicted molar refractivity (Wildman–Crippen MR) is 132 cm³/mol. The number of hydrogen-bond acceptors (Lipinski definition) is 4. The van der Waals surface area contributed by atoms with E-state index in [0.717, 1.165) is 12.1 Å². The van der Waals surface area contributed by atoms with E-state index < -0.39 is 34.8 Å². The number of rotatable bonds is 5. The van der Waals surface area contributed by atoms with E-state index in [2.05, 4.69) is 9.98 Å². The number of phenolic OH excluding ortho intramolecular Hbond substituents is 2. The fourth-order valence-electron chi connectivity index (χ4n) is 3.76. The molecule has 0 aliphatic carbocycles. The molecule has 0 amide bonds. The van der Waals surface area contributed by atoms with Gasteiger partial charge in [-0.15, -0.1) is 0 Å². The Morgan fingerprint density at radius 3 is 1.33 bits per heavy atom. The number of halogens is 4. The molecule has 0 bridgehead atoms. The first kappa shape index (κ1) is 24.7. The summed E-state index contributed by atoms with van der Waals surface area (Å²) in [6, 6.07) is 17.0. The summed E-state index contributed by atoms with van der Waals surface area (Å²) in [7, 11) is 0. The fourth-order valence-corrected chi connectivity index (χ4v) is 3.76. The van der Waals surface area contributed by atoms with E-state index in [1.165, 1.54) is 13.8 Å². The predicted octanol–water partition coefficient (Wildman–Crippen LogP) is 7.60. The molecule has 182 valence electrons. The normalized spacial score (nSPS) is 12.2. The van der Waals surface area contributed by atoms with Crippen molar-refractivity contribution in [3.8, 4) is 22.6 Å². The third-order valence-electron chi connectivity index (χ3n) is 5.51. The Morgan fingerprint density at radius 1 is 0.583 bits per heavy atom. The molecule has 4 nitrogen and oxygen atoms in total. The van der Waals surface area contributed by atoms with Crippen LogP contribution < -0.4 is 0 Å². The molecule has 0 heterocycles. The maximum Gasteiger partial charge on any atom is 0.168 e. The number of aromatic hydroxyl groups is 2. The molecule has 0 radical (unpaired) electrons. The van der Waals surface area contributed by atoms with Crippen LogP contribution >= 0.6 is 0 Å². The number of nitrogens with zero attached hydrogens (tertiary/aromatic N) is 2. The summed E-state index contributed by atoms with van der Waals surface area (Å²) >= 11 is 0. The number of para-hydroxylation sites is 2. The van der Waals surface area contributed by atoms with Crippen molar-refractivity contribution in [2.75, 3.05) is 0 Å². The Hall–Kier alpha value is -4.46. The molecule has 0 spiro atoms. The van der Waals surface area contributed by atoms with Gasteiger partial charge in [-0.3, -0.25) is 9.98 Å². The first-order valence-corrected chi connectivity index (χ1v) is 10.8. The maximum atomic E-state index is 13.9. The van der Waals surface area contributed by atoms with E-state index in [1.807, 2.05) is 0 Å². The van der Waals surface area contributed by atoms with Gasteiger partial charge in [0.15, 0.2) is 23.1 Å². The third kappa shape index (κ3) is 4.98. The Kier molecular flexibility index (Phi) is 6.87. The summed E-state index contributed by atoms with van der Waals surface area (Å²) in [5.41, 5.74) is 2.25. The minimum atomic E-state index is -1.10. The SMILES string of the molecule is CC(=Nc1ccccc1-c1ccccc1N=C(C)c1cc(F)cc(F)c1O)c1cc(F)cc(F)c1O. The quantitative estimate of drug-likeness (QED) is 0.223. The molecule has 0 aliphatic rings. The van der Waals surface area contributed by atoms with E-state index in [9.17, 15) is 27.8 Å². The van der Waals surface area contributed by atoms with Crippen LogP contribution in [-0.4, -0.2) is 21.6 Å². The highest BCUT2D eigenvalue weighted by Crippen LogP contribution is 2.38. The Morgan fingerprint density at radius 2 is 0.944 bits per heavy atom. The van der Waals surface area contributed by atoms with Gasteiger partial charge in [0.1, 0.15) is 11.6 Å². The lowest BCUT2D eigenvalue weighted by Gasteiger charge is -2.12. The van der Waals surface area contributed by atoms with Crippen LogP contribution in [0.1, 0.15) is 25.0 Å². The standard InChI is InChI=1S/C28H20F4N2O2/c1-15(21-11-17(29)13-23(31)27(21)35)33-25-9-5-3-7-19(25)20-8-4-6-10-26(20)34-16(2)22-12-18(30)14-24(32)28(22)36/h3-14,35-36H,1-2H3. The van der Waals surface area contributed by atoms with Gasteiger partial charge in [0, 0.05) is 45.8 Å². The zero-order chi connectivity index (χ0) is 26.0. The van der Waals surface area contributed by atoms with Crippen LogP contribution in [0.25, 0.3) is 11.1 Å². The maximum absolute atomic E-state index is 13.9. The number of hydrogen-bond donors (Lipinski definition) is 2. The average molecular weight is 492 g/mol. The van der Waals surface area contributed by atoms with Gasteiger partial charge < -0.3 is 10.2 Å². The van der Waals surface area contributed by atoms with E-state index >= 15 is 0 Å². The van der Waals surface area contributed by atoms with Gasteiger partial charge in [0.2, 0.25) is 0 Å². The lowest BCUT2D eigenvalue weighted by molar-refractivity contribution is 0.426. The summed E-state index contributed by atoms with van der Waals surface area (Å²) in [6.07, 6.45) is 0. The third-order valence-corrected chi connectivity index (χ3v) is 5.51. The molecule has 2 N–H and O–H groups in total. The van der Waals surface area contributed by atoms with Crippen molar-refractivity contribution in [1.82, 2.24) is 0 Å². The van der Waals surface area contributed by atoms with Gasteiger partial charge in [-0.05, 0) is 38.1 Å². The topological polar surface area (TPSA) is 65.2 Å². The molecule has 0 aliphatic heterocycles. The monoisotopic (exact) mass is 492 g/mol. The first-order valence-electron chi connectivity index (χ1n) is 10.8. The largest absolute Gasteiger partial charge is 0.504 e. The number of aliphatic imine (C=N–C) groups is 2. The Balaban J connectivity index is 1.83. The van der Waals surface area contributed by atoms with Gasteiger partial charge in [0.25, 0.3) is 0 Å². The molecule has 0 unspecified atom stereocenters. The van der Waals surface area contributed by atoms with Crippen LogP contribution in [-0.2, 0) is 0 Å². The molecule has 4 rings (SSSR count). The summed E-state index contributed by atoms with van der Waals surface area (Å²) in [4.78, 5) is 9.00. The van der Waals surface area contributed by atoms with E-state index in [0.29, 0.717) is 34.6 Å². The molecule has 0 saturated carbocycles. The number of phenols is 2. The van der Waals surface area contributed by atoms with Crippen LogP contribution in [0.5, 0.6) is 11.5 Å². The van der Waals surface area contributed by atoms with Gasteiger partial charge >= 0.3 is 0 Å². The van der Waals surface area contributed by atoms with Crippen LogP contribution in [0.2, 0.25) is 0 Å². The zero-order valence-electron chi connectivity index (χ0n) is 19.2. The van der Waals surface area contributed by atoms with Crippen LogP contribution in [0, 0.1) is 23.3 Å². The smallest absolute Gasteiger partial charge is 0.168 e. The van der Waals surface area contributed by atoms with Crippen LogP contribution in [0.15, 0.2) is 82.8 Å². The summed E-state index contributed by atoms with van der Waals surface area (Å²) in [6.45, 7) is 3.03. The molecule has 0 aromatic heterocycles. The van der Waals surface area contributed by atoms with Gasteiger partial charge in [0.05, 0.1) is 11.4 Å². The molecule has 4 aromatic carbocycles. The second-order valence-electron chi connectivity index (χ2n) is 8.00. The van der Waals surface area contributed by atoms with Crippen molar-refractivity contribution in [2.24, 2.45) is 9.98 Å².